The van der Waals surface area contributed by atoms with Crippen LogP contribution in [0, 0.1) is 5.92 Å². The summed E-state index contributed by atoms with van der Waals surface area (Å²) < 4.78 is 27.9. The van der Waals surface area contributed by atoms with Gasteiger partial charge in [-0.1, -0.05) is 85.9 Å². The van der Waals surface area contributed by atoms with Gasteiger partial charge in [0.15, 0.2) is 0 Å². The number of hydrogen-bond acceptors (Lipinski definition) is 4. The summed E-state index contributed by atoms with van der Waals surface area (Å²) in [6, 6.07) is 16.9. The van der Waals surface area contributed by atoms with E-state index >= 15 is 0 Å². The number of halogens is 2. The van der Waals surface area contributed by atoms with Crippen LogP contribution in [-0.2, 0) is 21.2 Å². The zero-order valence-corrected chi connectivity index (χ0v) is 23.2. The summed E-state index contributed by atoms with van der Waals surface area (Å²) >= 11 is 12.0. The lowest BCUT2D eigenvalue weighted by atomic mass is 10.0. The normalized spacial score (nSPS) is 12.9. The first-order valence-electron chi connectivity index (χ1n) is 11.9. The molecule has 1 unspecified atom stereocenters. The molecule has 0 aliphatic carbocycles. The van der Waals surface area contributed by atoms with Gasteiger partial charge in [0.2, 0.25) is 10.0 Å². The molecule has 0 saturated heterocycles. The molecule has 0 heterocycles. The third-order valence-electron chi connectivity index (χ3n) is 5.94. The molecule has 0 spiro atoms. The number of anilines is 1. The first-order chi connectivity index (χ1) is 18.0. The molecule has 3 aromatic rings. The molecule has 2 atom stereocenters. The zero-order chi connectivity index (χ0) is 27.9. The van der Waals surface area contributed by atoms with E-state index in [1.807, 2.05) is 18.2 Å². The minimum atomic E-state index is -4.30. The highest BCUT2D eigenvalue weighted by molar-refractivity contribution is 7.89. The Labute approximate surface area is 232 Å². The Balaban J connectivity index is 1.71. The number of aliphatic carboxylic acids is 1. The van der Waals surface area contributed by atoms with Crippen molar-refractivity contribution in [3.05, 3.63) is 82.3 Å². The van der Waals surface area contributed by atoms with Gasteiger partial charge >= 0.3 is 12.0 Å². The number of carbonyl (C=O) groups excluding carboxylic acids is 1. The molecule has 202 valence electrons. The zero-order valence-electron chi connectivity index (χ0n) is 20.9. The van der Waals surface area contributed by atoms with Crippen molar-refractivity contribution in [1.82, 2.24) is 10.0 Å². The molecule has 4 N–H and O–H groups in total. The van der Waals surface area contributed by atoms with Gasteiger partial charge in [0.25, 0.3) is 0 Å². The lowest BCUT2D eigenvalue weighted by molar-refractivity contribution is -0.138. The van der Waals surface area contributed by atoms with Crippen molar-refractivity contribution in [3.63, 3.8) is 0 Å². The summed E-state index contributed by atoms with van der Waals surface area (Å²) in [5.41, 5.74) is 2.92. The van der Waals surface area contributed by atoms with Gasteiger partial charge in [-0.3, -0.25) is 4.79 Å². The molecular formula is C27H29Cl2N3O5S. The number of carboxylic acid groups (broad SMARTS) is 1. The van der Waals surface area contributed by atoms with Gasteiger partial charge in [0, 0.05) is 12.2 Å². The summed E-state index contributed by atoms with van der Waals surface area (Å²) in [5, 5.41) is 15.1. The lowest BCUT2D eigenvalue weighted by Crippen LogP contribution is -2.42. The molecule has 0 aliphatic rings. The van der Waals surface area contributed by atoms with Gasteiger partial charge < -0.3 is 15.7 Å². The fraction of sp³-hybridized carbons (Fsp3) is 0.259. The quantitative estimate of drug-likeness (QED) is 0.229. The van der Waals surface area contributed by atoms with Crippen LogP contribution in [0.3, 0.4) is 0 Å². The van der Waals surface area contributed by atoms with Gasteiger partial charge in [-0.25, -0.2) is 13.2 Å². The van der Waals surface area contributed by atoms with E-state index in [1.165, 1.54) is 18.2 Å². The van der Waals surface area contributed by atoms with Crippen LogP contribution in [-0.4, -0.2) is 38.1 Å². The van der Waals surface area contributed by atoms with Gasteiger partial charge in [-0.2, -0.15) is 4.72 Å². The first-order valence-corrected chi connectivity index (χ1v) is 14.2. The Morgan fingerprint density at radius 3 is 2.18 bits per heavy atom. The van der Waals surface area contributed by atoms with Crippen LogP contribution in [0.25, 0.3) is 11.1 Å². The van der Waals surface area contributed by atoms with Crippen molar-refractivity contribution in [2.75, 3.05) is 11.9 Å². The Bertz CT molecular complexity index is 1380. The van der Waals surface area contributed by atoms with Gasteiger partial charge in [0.05, 0.1) is 10.0 Å². The average molecular weight is 579 g/mol. The Hall–Kier alpha value is -3.11. The van der Waals surface area contributed by atoms with Crippen LogP contribution in [0.1, 0.15) is 25.8 Å². The predicted molar refractivity (Wildman–Crippen MR) is 150 cm³/mol. The number of nitrogens with one attached hydrogen (secondary N) is 3. The number of carbonyl (C=O) groups is 2. The molecule has 0 radical (unpaired) electrons. The smallest absolute Gasteiger partial charge is 0.322 e. The molecule has 3 rings (SSSR count). The molecule has 0 aliphatic heterocycles. The summed E-state index contributed by atoms with van der Waals surface area (Å²) in [6.07, 6.45) is 0.870. The van der Waals surface area contributed by atoms with Gasteiger partial charge in [-0.15, -0.1) is 0 Å². The van der Waals surface area contributed by atoms with Gasteiger partial charge in [-0.05, 0) is 53.3 Å². The minimum absolute atomic E-state index is 0.102. The second kappa shape index (κ2) is 13.1. The average Bonchev–Trinajstić information content (AvgIpc) is 2.87. The molecule has 0 bridgehead atoms. The van der Waals surface area contributed by atoms with Crippen molar-refractivity contribution >= 4 is 50.9 Å². The maximum absolute atomic E-state index is 12.8. The molecule has 2 amide bonds. The number of hydrogen-bond donors (Lipinski definition) is 4. The predicted octanol–water partition coefficient (Wildman–Crippen LogP) is 5.80. The number of urea groups is 1. The molecule has 0 fully saturated rings. The van der Waals surface area contributed by atoms with Crippen molar-refractivity contribution in [1.29, 1.82) is 0 Å². The monoisotopic (exact) mass is 577 g/mol. The van der Waals surface area contributed by atoms with E-state index < -0.39 is 22.0 Å². The van der Waals surface area contributed by atoms with Crippen LogP contribution >= 0.6 is 23.2 Å². The minimum Gasteiger partial charge on any atom is -0.480 e. The second-order valence-electron chi connectivity index (χ2n) is 8.89. The van der Waals surface area contributed by atoms with Crippen molar-refractivity contribution in [3.8, 4) is 11.1 Å². The fourth-order valence-electron chi connectivity index (χ4n) is 3.60. The molecule has 0 saturated carbocycles. The molecule has 38 heavy (non-hydrogen) atoms. The summed E-state index contributed by atoms with van der Waals surface area (Å²) in [4.78, 5) is 23.7. The Morgan fingerprint density at radius 1 is 0.947 bits per heavy atom. The molecule has 0 aromatic heterocycles. The first kappa shape index (κ1) is 29.4. The SMILES string of the molecule is CCC(C)CNC(=O)Nc1cccc(-c2ccc(C[C@@H](NS(=O)(=O)c3c(Cl)cccc3Cl)C(=O)O)cc2)c1. The number of benzene rings is 3. The third-order valence-corrected chi connectivity index (χ3v) is 8.36. The number of rotatable bonds is 11. The maximum Gasteiger partial charge on any atom is 0.322 e. The summed E-state index contributed by atoms with van der Waals surface area (Å²) in [7, 11) is -4.30. The Morgan fingerprint density at radius 2 is 1.58 bits per heavy atom. The van der Waals surface area contributed by atoms with Crippen molar-refractivity contribution in [2.24, 2.45) is 5.92 Å². The van der Waals surface area contributed by atoms with Gasteiger partial charge in [0.1, 0.15) is 10.9 Å². The van der Waals surface area contributed by atoms with E-state index in [2.05, 4.69) is 29.2 Å². The second-order valence-corrected chi connectivity index (χ2v) is 11.4. The van der Waals surface area contributed by atoms with E-state index in [0.29, 0.717) is 23.7 Å². The van der Waals surface area contributed by atoms with E-state index in [-0.39, 0.29) is 27.4 Å². The van der Waals surface area contributed by atoms with Crippen LogP contribution in [0.5, 0.6) is 0 Å². The topological polar surface area (TPSA) is 125 Å². The number of sulfonamides is 1. The Kier molecular flexibility index (Phi) is 10.2. The highest BCUT2D eigenvalue weighted by Crippen LogP contribution is 2.29. The van der Waals surface area contributed by atoms with Crippen LogP contribution in [0.4, 0.5) is 10.5 Å². The fourth-order valence-corrected chi connectivity index (χ4v) is 5.93. The maximum atomic E-state index is 12.8. The van der Waals surface area contributed by atoms with Crippen molar-refractivity contribution < 1.29 is 23.1 Å². The van der Waals surface area contributed by atoms with E-state index in [4.69, 9.17) is 23.2 Å². The summed E-state index contributed by atoms with van der Waals surface area (Å²) in [5.74, 6) is -0.957. The lowest BCUT2D eigenvalue weighted by Gasteiger charge is -2.16. The molecule has 11 heteroatoms. The van der Waals surface area contributed by atoms with Crippen LogP contribution < -0.4 is 15.4 Å². The number of carboxylic acids is 1. The third kappa shape index (κ3) is 7.94. The standard InChI is InChI=1S/C27H29Cl2N3O5S/c1-3-17(2)16-30-27(35)31-21-7-4-6-20(15-21)19-12-10-18(11-13-19)14-24(26(33)34)32-38(36,37)25-22(28)8-5-9-23(25)29/h4-13,15,17,24,32H,3,14,16H2,1-2H3,(H,33,34)(H2,30,31,35)/t17?,24-/m1/s1. The van der Waals surface area contributed by atoms with Crippen LogP contribution in [0.2, 0.25) is 10.0 Å². The molecule has 8 nitrogen and oxygen atoms in total. The van der Waals surface area contributed by atoms with Crippen LogP contribution in [0.15, 0.2) is 71.6 Å². The highest BCUT2D eigenvalue weighted by atomic mass is 35.5. The number of amides is 2. The van der Waals surface area contributed by atoms with E-state index in [0.717, 1.165) is 17.5 Å². The van der Waals surface area contributed by atoms with E-state index in [9.17, 15) is 23.1 Å². The molecule has 3 aromatic carbocycles. The largest absolute Gasteiger partial charge is 0.480 e. The molecular weight excluding hydrogens is 549 g/mol. The highest BCUT2D eigenvalue weighted by Gasteiger charge is 2.29. The summed E-state index contributed by atoms with van der Waals surface area (Å²) in [6.45, 7) is 4.71. The van der Waals surface area contributed by atoms with Crippen molar-refractivity contribution in [2.45, 2.75) is 37.6 Å². The van der Waals surface area contributed by atoms with E-state index in [1.54, 1.807) is 30.3 Å².